The maximum absolute atomic E-state index is 4.41. The van der Waals surface area contributed by atoms with Crippen molar-refractivity contribution in [2.45, 2.75) is 37.6 Å². The maximum atomic E-state index is 4.41. The van der Waals surface area contributed by atoms with Gasteiger partial charge in [-0.3, -0.25) is 0 Å². The molecule has 0 N–H and O–H groups in total. The van der Waals surface area contributed by atoms with Crippen molar-refractivity contribution < 1.29 is 0 Å². The number of anilines is 1. The molecule has 1 aromatic heterocycles. The zero-order chi connectivity index (χ0) is 15.4. The van der Waals surface area contributed by atoms with Crippen LogP contribution in [0, 0.1) is 11.8 Å². The predicted octanol–water partition coefficient (Wildman–Crippen LogP) is 3.15. The van der Waals surface area contributed by atoms with Crippen molar-refractivity contribution >= 4 is 17.6 Å². The lowest BCUT2D eigenvalue weighted by atomic mass is 9.94. The molecule has 1 aromatic rings. The quantitative estimate of drug-likeness (QED) is 0.796. The van der Waals surface area contributed by atoms with E-state index in [1.165, 1.54) is 45.3 Å². The van der Waals surface area contributed by atoms with Crippen LogP contribution in [0.2, 0.25) is 0 Å². The molecule has 22 heavy (non-hydrogen) atoms. The Morgan fingerprint density at radius 3 is 2.64 bits per heavy atom. The summed E-state index contributed by atoms with van der Waals surface area (Å²) in [7, 11) is 0. The van der Waals surface area contributed by atoms with Gasteiger partial charge in [0.2, 0.25) is 0 Å². The number of thioether (sulfide) groups is 1. The van der Waals surface area contributed by atoms with E-state index in [4.69, 9.17) is 0 Å². The fraction of sp³-hybridized carbons (Fsp3) is 0.765. The summed E-state index contributed by atoms with van der Waals surface area (Å²) >= 11 is 1.65. The summed E-state index contributed by atoms with van der Waals surface area (Å²) in [5.41, 5.74) is 0. The Balaban J connectivity index is 1.54. The highest BCUT2D eigenvalue weighted by atomic mass is 32.2. The van der Waals surface area contributed by atoms with Gasteiger partial charge >= 0.3 is 0 Å². The molecule has 0 aromatic carbocycles. The summed E-state index contributed by atoms with van der Waals surface area (Å²) in [6.45, 7) is 8.50. The number of hydrogen-bond donors (Lipinski definition) is 0. The van der Waals surface area contributed by atoms with Crippen molar-refractivity contribution in [1.29, 1.82) is 0 Å². The first kappa shape index (κ1) is 16.1. The average molecular weight is 321 g/mol. The van der Waals surface area contributed by atoms with Crippen LogP contribution in [0.3, 0.4) is 0 Å². The first-order valence-electron chi connectivity index (χ1n) is 8.59. The fourth-order valence-corrected chi connectivity index (χ4v) is 3.95. The highest BCUT2D eigenvalue weighted by Crippen LogP contribution is 2.24. The molecule has 0 amide bonds. The molecule has 3 heterocycles. The third-order valence-corrected chi connectivity index (χ3v) is 5.71. The van der Waals surface area contributed by atoms with Gasteiger partial charge < -0.3 is 9.80 Å². The van der Waals surface area contributed by atoms with Gasteiger partial charge in [0.15, 0.2) is 5.82 Å². The molecule has 0 bridgehead atoms. The Hall–Kier alpha value is -0.810. The van der Waals surface area contributed by atoms with Gasteiger partial charge in [-0.15, -0.1) is 22.0 Å². The molecule has 5 heteroatoms. The van der Waals surface area contributed by atoms with Crippen LogP contribution in [0.4, 0.5) is 5.82 Å². The molecule has 2 aliphatic heterocycles. The molecule has 4 nitrogen and oxygen atoms in total. The van der Waals surface area contributed by atoms with Crippen LogP contribution in [0.5, 0.6) is 0 Å². The van der Waals surface area contributed by atoms with Crippen LogP contribution in [-0.4, -0.2) is 54.1 Å². The highest BCUT2D eigenvalue weighted by molar-refractivity contribution is 7.98. The van der Waals surface area contributed by atoms with Crippen LogP contribution >= 0.6 is 11.8 Å². The molecule has 0 spiro atoms. The van der Waals surface area contributed by atoms with Gasteiger partial charge in [-0.2, -0.15) is 0 Å². The summed E-state index contributed by atoms with van der Waals surface area (Å²) < 4.78 is 0. The van der Waals surface area contributed by atoms with E-state index in [1.807, 2.05) is 6.26 Å². The monoisotopic (exact) mass is 320 g/mol. The maximum Gasteiger partial charge on any atom is 0.151 e. The molecule has 0 saturated carbocycles. The molecule has 2 fully saturated rings. The number of nitrogens with zero attached hydrogens (tertiary/aromatic N) is 4. The number of likely N-dealkylation sites (tertiary alicyclic amines) is 1. The molecule has 2 aliphatic rings. The minimum absolute atomic E-state index is 0.782. The van der Waals surface area contributed by atoms with Crippen molar-refractivity contribution in [1.82, 2.24) is 15.1 Å². The lowest BCUT2D eigenvalue weighted by Gasteiger charge is -2.38. The Labute approximate surface area is 138 Å². The normalized spacial score (nSPS) is 24.6. The fourth-order valence-electron chi connectivity index (χ4n) is 3.62. The van der Waals surface area contributed by atoms with Gasteiger partial charge in [-0.05, 0) is 69.0 Å². The minimum Gasteiger partial charge on any atom is -0.355 e. The highest BCUT2D eigenvalue weighted by Gasteiger charge is 2.24. The topological polar surface area (TPSA) is 32.3 Å². The number of aromatic nitrogens is 2. The van der Waals surface area contributed by atoms with Crippen LogP contribution < -0.4 is 4.90 Å². The molecular weight excluding hydrogens is 292 g/mol. The Bertz CT molecular complexity index is 456. The molecular formula is C17H28N4S. The lowest BCUT2D eigenvalue weighted by molar-refractivity contribution is 0.159. The third kappa shape index (κ3) is 4.13. The zero-order valence-corrected chi connectivity index (χ0v) is 14.7. The Morgan fingerprint density at radius 2 is 1.95 bits per heavy atom. The van der Waals surface area contributed by atoms with E-state index in [0.717, 1.165) is 35.8 Å². The molecule has 0 aliphatic carbocycles. The summed E-state index contributed by atoms with van der Waals surface area (Å²) in [6.07, 6.45) is 7.43. The van der Waals surface area contributed by atoms with E-state index < -0.39 is 0 Å². The number of hydrogen-bond acceptors (Lipinski definition) is 5. The van der Waals surface area contributed by atoms with E-state index >= 15 is 0 Å². The van der Waals surface area contributed by atoms with Gasteiger partial charge in [0, 0.05) is 19.6 Å². The first-order valence-corrected chi connectivity index (χ1v) is 9.82. The van der Waals surface area contributed by atoms with Gasteiger partial charge in [0.05, 0.1) is 0 Å². The largest absolute Gasteiger partial charge is 0.355 e. The molecule has 122 valence electrons. The SMILES string of the molecule is CSc1ccc(N2CCCC(CN3CCC(C)CC3)C2)nn1. The van der Waals surface area contributed by atoms with Gasteiger partial charge in [0.25, 0.3) is 0 Å². The Morgan fingerprint density at radius 1 is 1.14 bits per heavy atom. The smallest absolute Gasteiger partial charge is 0.151 e. The second-order valence-corrected chi connectivity index (χ2v) is 7.70. The average Bonchev–Trinajstić information content (AvgIpc) is 2.57. The summed E-state index contributed by atoms with van der Waals surface area (Å²) in [6, 6.07) is 4.21. The van der Waals surface area contributed by atoms with Crippen molar-refractivity contribution in [2.75, 3.05) is 43.9 Å². The lowest BCUT2D eigenvalue weighted by Crippen LogP contribution is -2.43. The van der Waals surface area contributed by atoms with E-state index in [-0.39, 0.29) is 0 Å². The van der Waals surface area contributed by atoms with Crippen molar-refractivity contribution in [3.63, 3.8) is 0 Å². The van der Waals surface area contributed by atoms with Gasteiger partial charge in [0.1, 0.15) is 5.03 Å². The van der Waals surface area contributed by atoms with Gasteiger partial charge in [-0.25, -0.2) is 0 Å². The number of rotatable bonds is 4. The summed E-state index contributed by atoms with van der Waals surface area (Å²) in [5, 5.41) is 9.69. The van der Waals surface area contributed by atoms with Gasteiger partial charge in [-0.1, -0.05) is 6.92 Å². The van der Waals surface area contributed by atoms with Crippen LogP contribution in [0.25, 0.3) is 0 Å². The standard InChI is InChI=1S/C17H28N4S/c1-14-7-10-20(11-8-14)12-15-4-3-9-21(13-15)16-5-6-17(22-2)19-18-16/h5-6,14-15H,3-4,7-13H2,1-2H3. The predicted molar refractivity (Wildman–Crippen MR) is 93.6 cm³/mol. The first-order chi connectivity index (χ1) is 10.7. The van der Waals surface area contributed by atoms with E-state index in [0.29, 0.717) is 0 Å². The molecule has 3 rings (SSSR count). The number of piperidine rings is 2. The molecule has 2 saturated heterocycles. The Kier molecular flexibility index (Phi) is 5.58. The van der Waals surface area contributed by atoms with E-state index in [2.05, 4.69) is 39.1 Å². The van der Waals surface area contributed by atoms with Crippen molar-refractivity contribution in [3.05, 3.63) is 12.1 Å². The second-order valence-electron chi connectivity index (χ2n) is 6.87. The van der Waals surface area contributed by atoms with Crippen LogP contribution in [0.1, 0.15) is 32.6 Å². The van der Waals surface area contributed by atoms with Crippen molar-refractivity contribution in [3.8, 4) is 0 Å². The summed E-state index contributed by atoms with van der Waals surface area (Å²) in [4.78, 5) is 5.11. The minimum atomic E-state index is 0.782. The molecule has 0 radical (unpaired) electrons. The van der Waals surface area contributed by atoms with Crippen LogP contribution in [-0.2, 0) is 0 Å². The summed E-state index contributed by atoms with van der Waals surface area (Å²) in [5.74, 6) is 2.75. The van der Waals surface area contributed by atoms with Crippen LogP contribution in [0.15, 0.2) is 17.2 Å². The second kappa shape index (κ2) is 7.64. The zero-order valence-electron chi connectivity index (χ0n) is 13.9. The van der Waals surface area contributed by atoms with E-state index in [9.17, 15) is 0 Å². The molecule has 1 unspecified atom stereocenters. The van der Waals surface area contributed by atoms with E-state index in [1.54, 1.807) is 11.8 Å². The van der Waals surface area contributed by atoms with Crippen molar-refractivity contribution in [2.24, 2.45) is 11.8 Å². The third-order valence-electron chi connectivity index (χ3n) is 5.07. The molecule has 1 atom stereocenters.